The third kappa shape index (κ3) is 6.50. The molecule has 2 N–H and O–H groups in total. The Morgan fingerprint density at radius 2 is 2.00 bits per heavy atom. The van der Waals surface area contributed by atoms with Crippen LogP contribution in [0.25, 0.3) is 0 Å². The number of carbonyl (C=O) groups excluding carboxylic acids is 1. The van der Waals surface area contributed by atoms with E-state index < -0.39 is 0 Å². The monoisotopic (exact) mass is 267 g/mol. The number of nitrogens with one attached hydrogen (secondary N) is 1. The number of halogens is 2. The molecule has 0 aliphatic carbocycles. The third-order valence-corrected chi connectivity index (χ3v) is 1.85. The van der Waals surface area contributed by atoms with Gasteiger partial charge in [-0.15, -0.1) is 12.4 Å². The van der Waals surface area contributed by atoms with Crippen LogP contribution >= 0.6 is 24.0 Å². The molecule has 4 nitrogen and oxygen atoms in total. The Labute approximate surface area is 106 Å². The Bertz CT molecular complexity index is 308. The van der Waals surface area contributed by atoms with Gasteiger partial charge in [0.1, 0.15) is 6.54 Å². The fraction of sp³-hybridized carbons (Fsp3) is 0.300. The highest BCUT2D eigenvalue weighted by Gasteiger charge is 2.01. The Hall–Kier alpha value is -0.970. The average Bonchev–Trinajstić information content (AvgIpc) is 2.30. The van der Waals surface area contributed by atoms with Crippen LogP contribution in [-0.2, 0) is 9.53 Å². The number of benzene rings is 1. The van der Waals surface area contributed by atoms with Crippen molar-refractivity contribution >= 4 is 35.7 Å². The number of aliphatic hydroxyl groups is 1. The Balaban J connectivity index is 0. The summed E-state index contributed by atoms with van der Waals surface area (Å²) in [4.78, 5) is 10.8. The number of aliphatic hydroxyl groups excluding tert-OH is 1. The summed E-state index contributed by atoms with van der Waals surface area (Å²) in [7, 11) is 2.34. The topological polar surface area (TPSA) is 58.6 Å². The van der Waals surface area contributed by atoms with Crippen molar-refractivity contribution in [3.05, 3.63) is 29.3 Å². The van der Waals surface area contributed by atoms with Crippen molar-refractivity contribution in [1.29, 1.82) is 0 Å². The van der Waals surface area contributed by atoms with E-state index in [4.69, 9.17) is 16.7 Å². The molecule has 0 heterocycles. The van der Waals surface area contributed by atoms with Crippen LogP contribution in [0.2, 0.25) is 5.02 Å². The molecule has 0 radical (unpaired) electrons. The molecule has 6 heteroatoms. The lowest BCUT2D eigenvalue weighted by molar-refractivity contribution is -0.138. The van der Waals surface area contributed by atoms with Gasteiger partial charge in [-0.05, 0) is 12.1 Å². The van der Waals surface area contributed by atoms with Crippen molar-refractivity contribution in [3.8, 4) is 0 Å². The molecule has 16 heavy (non-hydrogen) atoms. The van der Waals surface area contributed by atoms with E-state index in [0.29, 0.717) is 5.02 Å². The maximum atomic E-state index is 10.8. The maximum Gasteiger partial charge on any atom is 0.325 e. The maximum absolute atomic E-state index is 10.8. The highest BCUT2D eigenvalue weighted by molar-refractivity contribution is 6.33. The van der Waals surface area contributed by atoms with E-state index >= 15 is 0 Å². The summed E-state index contributed by atoms with van der Waals surface area (Å²) >= 11 is 5.84. The molecule has 0 aromatic heterocycles. The third-order valence-electron chi connectivity index (χ3n) is 1.52. The highest BCUT2D eigenvalue weighted by atomic mass is 35.5. The Kier molecular flexibility index (Phi) is 11.5. The number of ether oxygens (including phenoxy) is 1. The van der Waals surface area contributed by atoms with Crippen LogP contribution in [0.4, 0.5) is 5.69 Å². The summed E-state index contributed by atoms with van der Waals surface area (Å²) in [6.07, 6.45) is 0. The SMILES string of the molecule is CO.COC(=O)CNc1ccccc1Cl.Cl. The molecule has 0 amide bonds. The Morgan fingerprint density at radius 3 is 2.50 bits per heavy atom. The first-order chi connectivity index (χ1) is 7.24. The zero-order valence-electron chi connectivity index (χ0n) is 9.07. The molecule has 0 spiro atoms. The smallest absolute Gasteiger partial charge is 0.325 e. The van der Waals surface area contributed by atoms with Crippen LogP contribution in [0.5, 0.6) is 0 Å². The quantitative estimate of drug-likeness (QED) is 0.823. The van der Waals surface area contributed by atoms with Gasteiger partial charge in [0.05, 0.1) is 17.8 Å². The van der Waals surface area contributed by atoms with Gasteiger partial charge in [0.25, 0.3) is 0 Å². The first kappa shape index (κ1) is 17.4. The van der Waals surface area contributed by atoms with Crippen LogP contribution in [0, 0.1) is 0 Å². The molecule has 0 atom stereocenters. The van der Waals surface area contributed by atoms with Crippen LogP contribution in [0.3, 0.4) is 0 Å². The Morgan fingerprint density at radius 1 is 1.44 bits per heavy atom. The summed E-state index contributed by atoms with van der Waals surface area (Å²) in [5.74, 6) is -0.320. The van der Waals surface area contributed by atoms with Crippen LogP contribution in [0.1, 0.15) is 0 Å². The average molecular weight is 268 g/mol. The van der Waals surface area contributed by atoms with Gasteiger partial charge in [-0.3, -0.25) is 4.79 Å². The zero-order chi connectivity index (χ0) is 11.7. The number of anilines is 1. The molecular weight excluding hydrogens is 253 g/mol. The van der Waals surface area contributed by atoms with E-state index in [1.54, 1.807) is 12.1 Å². The summed E-state index contributed by atoms with van der Waals surface area (Å²) in [5.41, 5.74) is 0.731. The molecule has 1 aromatic rings. The van der Waals surface area contributed by atoms with Crippen molar-refractivity contribution in [2.75, 3.05) is 26.1 Å². The second-order valence-corrected chi connectivity index (χ2v) is 2.82. The fourth-order valence-electron chi connectivity index (χ4n) is 0.844. The van der Waals surface area contributed by atoms with E-state index in [1.165, 1.54) is 7.11 Å². The fourth-order valence-corrected chi connectivity index (χ4v) is 1.05. The van der Waals surface area contributed by atoms with Crippen molar-refractivity contribution < 1.29 is 14.6 Å². The number of hydrogen-bond acceptors (Lipinski definition) is 4. The van der Waals surface area contributed by atoms with Gasteiger partial charge in [0, 0.05) is 7.11 Å². The molecule has 0 aliphatic rings. The molecular formula is C10H15Cl2NO3. The van der Waals surface area contributed by atoms with Gasteiger partial charge in [0.2, 0.25) is 0 Å². The van der Waals surface area contributed by atoms with E-state index in [-0.39, 0.29) is 24.9 Å². The summed E-state index contributed by atoms with van der Waals surface area (Å²) in [6.45, 7) is 0.125. The number of para-hydroxylation sites is 1. The van der Waals surface area contributed by atoms with Gasteiger partial charge >= 0.3 is 5.97 Å². The van der Waals surface area contributed by atoms with Crippen molar-refractivity contribution in [3.63, 3.8) is 0 Å². The molecule has 1 rings (SSSR count). The lowest BCUT2D eigenvalue weighted by Crippen LogP contribution is -2.14. The van der Waals surface area contributed by atoms with Crippen molar-refractivity contribution in [2.24, 2.45) is 0 Å². The number of carbonyl (C=O) groups is 1. The summed E-state index contributed by atoms with van der Waals surface area (Å²) < 4.78 is 4.47. The molecule has 92 valence electrons. The molecule has 0 fully saturated rings. The first-order valence-corrected chi connectivity index (χ1v) is 4.62. The predicted octanol–water partition coefficient (Wildman–Crippen LogP) is 1.96. The standard InChI is InChI=1S/C9H10ClNO2.CH4O.ClH/c1-13-9(12)6-11-8-5-3-2-4-7(8)10;1-2;/h2-5,11H,6H2,1H3;2H,1H3;1H. The minimum Gasteiger partial charge on any atom is -0.468 e. The molecule has 0 bridgehead atoms. The van der Waals surface area contributed by atoms with Crippen molar-refractivity contribution in [2.45, 2.75) is 0 Å². The van der Waals surface area contributed by atoms with E-state index in [0.717, 1.165) is 12.8 Å². The van der Waals surface area contributed by atoms with Gasteiger partial charge in [-0.1, -0.05) is 23.7 Å². The molecule has 0 saturated carbocycles. The second kappa shape index (κ2) is 10.5. The van der Waals surface area contributed by atoms with E-state index in [9.17, 15) is 4.79 Å². The second-order valence-electron chi connectivity index (χ2n) is 2.41. The van der Waals surface area contributed by atoms with Crippen molar-refractivity contribution in [1.82, 2.24) is 0 Å². The number of hydrogen-bond donors (Lipinski definition) is 2. The summed E-state index contributed by atoms with van der Waals surface area (Å²) in [5, 5.41) is 10.4. The van der Waals surface area contributed by atoms with Crippen LogP contribution in [-0.4, -0.2) is 31.8 Å². The lowest BCUT2D eigenvalue weighted by Gasteiger charge is -2.05. The first-order valence-electron chi connectivity index (χ1n) is 4.24. The van der Waals surface area contributed by atoms with Crippen LogP contribution < -0.4 is 5.32 Å². The number of rotatable bonds is 3. The lowest BCUT2D eigenvalue weighted by atomic mass is 10.3. The van der Waals surface area contributed by atoms with Gasteiger partial charge in [-0.25, -0.2) is 0 Å². The number of esters is 1. The largest absolute Gasteiger partial charge is 0.468 e. The van der Waals surface area contributed by atoms with Gasteiger partial charge in [-0.2, -0.15) is 0 Å². The summed E-state index contributed by atoms with van der Waals surface area (Å²) in [6, 6.07) is 7.21. The zero-order valence-corrected chi connectivity index (χ0v) is 10.6. The van der Waals surface area contributed by atoms with E-state index in [1.807, 2.05) is 12.1 Å². The van der Waals surface area contributed by atoms with E-state index in [2.05, 4.69) is 10.1 Å². The van der Waals surface area contributed by atoms with Crippen LogP contribution in [0.15, 0.2) is 24.3 Å². The molecule has 1 aromatic carbocycles. The molecule has 0 unspecified atom stereocenters. The molecule has 0 aliphatic heterocycles. The number of methoxy groups -OCH3 is 1. The van der Waals surface area contributed by atoms with Gasteiger partial charge < -0.3 is 15.2 Å². The minimum atomic E-state index is -0.320. The van der Waals surface area contributed by atoms with Gasteiger partial charge in [0.15, 0.2) is 0 Å². The normalized spacial score (nSPS) is 8.00. The minimum absolute atomic E-state index is 0. The predicted molar refractivity (Wildman–Crippen MR) is 67.3 cm³/mol. The molecule has 0 saturated heterocycles. The highest BCUT2D eigenvalue weighted by Crippen LogP contribution is 2.19.